The summed E-state index contributed by atoms with van der Waals surface area (Å²) in [4.78, 5) is 41.9. The molecule has 1 amide bonds. The lowest BCUT2D eigenvalue weighted by Crippen LogP contribution is -2.41. The Hall–Kier alpha value is -9.13. The van der Waals surface area contributed by atoms with Gasteiger partial charge in [-0.3, -0.25) is 0 Å². The van der Waals surface area contributed by atoms with Gasteiger partial charge in [-0.25, -0.2) is 29.5 Å². The zero-order valence-corrected chi connectivity index (χ0v) is 51.2. The number of anilines is 4. The van der Waals surface area contributed by atoms with Gasteiger partial charge in [0.15, 0.2) is 0 Å². The number of carbonyl (C=O) groups excluding carboxylic acids is 1. The second-order valence-electron chi connectivity index (χ2n) is 23.8. The average Bonchev–Trinajstić information content (AvgIpc) is 1.06. The Kier molecular flexibility index (Phi) is 19.0. The lowest BCUT2D eigenvalue weighted by Gasteiger charge is -2.34. The number of fused-ring (bicyclic) bond motifs is 4. The smallest absolute Gasteiger partial charge is 0.490 e. The quantitative estimate of drug-likeness (QED) is 0.0945. The van der Waals surface area contributed by atoms with Gasteiger partial charge in [0.25, 0.3) is 0 Å². The molecule has 4 aliphatic rings. The number of aromatic nitrogens is 4. The fraction of sp³-hybridized carbons (Fsp3) is 0.373. The first-order valence-corrected chi connectivity index (χ1v) is 29.8. The van der Waals surface area contributed by atoms with Crippen molar-refractivity contribution in [2.45, 2.75) is 121 Å². The van der Waals surface area contributed by atoms with Gasteiger partial charge in [0.2, 0.25) is 11.9 Å². The number of carboxylic acids is 1. The summed E-state index contributed by atoms with van der Waals surface area (Å²) < 4.78 is 141. The molecule has 0 unspecified atom stereocenters. The van der Waals surface area contributed by atoms with Crippen LogP contribution in [0.4, 0.5) is 67.6 Å². The minimum atomic E-state index is -5.08. The van der Waals surface area contributed by atoms with Crippen LogP contribution in [0.25, 0.3) is 44.1 Å². The monoisotopic (exact) mass is 1280 g/mol. The molecular formula is C67H67F9N8O8. The number of aliphatic carboxylic acids is 1. The maximum atomic E-state index is 13.4. The summed E-state index contributed by atoms with van der Waals surface area (Å²) >= 11 is 0. The predicted octanol–water partition coefficient (Wildman–Crippen LogP) is 16.0. The summed E-state index contributed by atoms with van der Waals surface area (Å²) in [6.45, 7) is 13.0. The molecule has 16 nitrogen and oxygen atoms in total. The molecule has 25 heteroatoms. The van der Waals surface area contributed by atoms with Crippen molar-refractivity contribution in [3.8, 4) is 45.3 Å². The number of likely N-dealkylation sites (tertiary alicyclic amines) is 1. The Morgan fingerprint density at radius 1 is 0.598 bits per heavy atom. The highest BCUT2D eigenvalue weighted by Crippen LogP contribution is 2.47. The van der Waals surface area contributed by atoms with Crippen LogP contribution in [0.5, 0.6) is 23.0 Å². The Labute approximate surface area is 523 Å². The summed E-state index contributed by atoms with van der Waals surface area (Å²) in [7, 11) is 2.71. The SMILES string of the molecule is COc1cc(C(F)(F)F)ccc1-c1cccc2cnc(Nc3ccc(C4CCN(C(=O)OC(C)(C)C)CC4)c4c3O[C@H](C)C4)nc12.COc1cc(C(F)(F)F)ccc1-c1cccc2cnc(Nc3ccc(C4CCNCC4)c4c3O[C@H](C)C4)nc12.O=C(O)C(F)(F)F. The number of rotatable bonds is 10. The highest BCUT2D eigenvalue weighted by Gasteiger charge is 2.39. The van der Waals surface area contributed by atoms with E-state index in [1.807, 2.05) is 70.2 Å². The standard InChI is InChI=1S/C35H37F3N4O4.C30H29F3N4O2.C2HF3O2/c1-20-17-27-24(21-13-15-42(16-14-21)33(43)46-34(2,3)4)11-12-28(31(27)45-20)40-32-39-19-22-7-6-8-26(30(22)41-32)25-10-9-23(35(36,37)38)18-29(25)44-5;1-17-14-24-21(18-10-12-34-13-11-18)8-9-25(28(24)39-17)36-29-35-16-19-4-3-5-23(27(19)37-29)22-7-6-20(30(31,32)33)15-26(22)38-2;3-2(4,5)1(6)7/h6-12,18-21H,13-17H2,1-5H3,(H,39,40,41);3-9,15-18,34H,10-14H2,1-2H3,(H,35,36,37);(H,6,7)/t20-;17-;/m11./s1. The Bertz CT molecular complexity index is 4030. The first-order valence-electron chi connectivity index (χ1n) is 29.8. The third-order valence-corrected chi connectivity index (χ3v) is 16.2. The number of ether oxygens (including phenoxy) is 5. The molecule has 0 bridgehead atoms. The van der Waals surface area contributed by atoms with Crippen LogP contribution in [-0.2, 0) is 34.7 Å². The number of nitrogens with one attached hydrogen (secondary N) is 3. The number of hydrogen-bond acceptors (Lipinski definition) is 14. The molecule has 486 valence electrons. The molecule has 92 heavy (non-hydrogen) atoms. The van der Waals surface area contributed by atoms with E-state index in [1.54, 1.807) is 23.4 Å². The van der Waals surface area contributed by atoms with Gasteiger partial charge in [-0.2, -0.15) is 39.5 Å². The minimum Gasteiger partial charge on any atom is -0.496 e. The van der Waals surface area contributed by atoms with Crippen molar-refractivity contribution in [2.24, 2.45) is 0 Å². The first-order chi connectivity index (χ1) is 43.6. The molecular weight excluding hydrogens is 1220 g/mol. The Morgan fingerprint density at radius 3 is 1.41 bits per heavy atom. The predicted molar refractivity (Wildman–Crippen MR) is 328 cm³/mol. The van der Waals surface area contributed by atoms with Crippen molar-refractivity contribution in [1.82, 2.24) is 30.2 Å². The summed E-state index contributed by atoms with van der Waals surface area (Å²) in [6, 6.07) is 26.3. The topological polar surface area (TPSA) is 191 Å². The molecule has 2 aromatic heterocycles. The van der Waals surface area contributed by atoms with Gasteiger partial charge in [-0.05, 0) is 145 Å². The van der Waals surface area contributed by atoms with E-state index < -0.39 is 41.2 Å². The molecule has 12 rings (SSSR count). The third-order valence-electron chi connectivity index (χ3n) is 16.2. The van der Waals surface area contributed by atoms with E-state index in [-0.39, 0.29) is 35.7 Å². The highest BCUT2D eigenvalue weighted by atomic mass is 19.4. The molecule has 6 heterocycles. The molecule has 2 saturated heterocycles. The van der Waals surface area contributed by atoms with E-state index >= 15 is 0 Å². The third kappa shape index (κ3) is 14.9. The van der Waals surface area contributed by atoms with Crippen LogP contribution in [0.2, 0.25) is 0 Å². The lowest BCUT2D eigenvalue weighted by atomic mass is 9.85. The molecule has 6 aromatic carbocycles. The van der Waals surface area contributed by atoms with Gasteiger partial charge in [-0.1, -0.05) is 48.5 Å². The maximum absolute atomic E-state index is 13.4. The number of halogens is 9. The van der Waals surface area contributed by atoms with Crippen LogP contribution >= 0.6 is 0 Å². The molecule has 4 aliphatic heterocycles. The zero-order chi connectivity index (χ0) is 66.0. The fourth-order valence-corrected chi connectivity index (χ4v) is 11.9. The highest BCUT2D eigenvalue weighted by molar-refractivity contribution is 5.97. The normalized spacial score (nSPS) is 16.8. The number of piperidine rings is 2. The molecule has 4 N–H and O–H groups in total. The van der Waals surface area contributed by atoms with Crippen molar-refractivity contribution >= 4 is 57.1 Å². The van der Waals surface area contributed by atoms with Gasteiger partial charge in [-0.15, -0.1) is 0 Å². The van der Waals surface area contributed by atoms with Crippen molar-refractivity contribution in [1.29, 1.82) is 0 Å². The van der Waals surface area contributed by atoms with Gasteiger partial charge < -0.3 is 49.6 Å². The van der Waals surface area contributed by atoms with Gasteiger partial charge >= 0.3 is 30.6 Å². The fourth-order valence-electron chi connectivity index (χ4n) is 11.9. The molecule has 0 spiro atoms. The maximum Gasteiger partial charge on any atom is 0.490 e. The van der Waals surface area contributed by atoms with Crippen molar-refractivity contribution in [3.05, 3.63) is 143 Å². The van der Waals surface area contributed by atoms with Gasteiger partial charge in [0.1, 0.15) is 40.8 Å². The number of hydrogen-bond donors (Lipinski definition) is 4. The van der Waals surface area contributed by atoms with E-state index in [1.165, 1.54) is 43.0 Å². The Balaban J connectivity index is 0.000000185. The van der Waals surface area contributed by atoms with Crippen LogP contribution in [0.3, 0.4) is 0 Å². The van der Waals surface area contributed by atoms with E-state index in [2.05, 4.69) is 45.0 Å². The average molecular weight is 1280 g/mol. The van der Waals surface area contributed by atoms with Gasteiger partial charge in [0.05, 0.1) is 47.8 Å². The summed E-state index contributed by atoms with van der Waals surface area (Å²) in [5, 5.41) is 18.7. The van der Waals surface area contributed by atoms with Crippen LogP contribution in [0.15, 0.2) is 109 Å². The van der Waals surface area contributed by atoms with Crippen molar-refractivity contribution in [3.63, 3.8) is 0 Å². The van der Waals surface area contributed by atoms with Crippen molar-refractivity contribution < 1.29 is 77.9 Å². The van der Waals surface area contributed by atoms with Gasteiger partial charge in [0, 0.05) is 82.5 Å². The van der Waals surface area contributed by atoms with Crippen molar-refractivity contribution in [2.75, 3.05) is 51.0 Å². The largest absolute Gasteiger partial charge is 0.496 e. The van der Waals surface area contributed by atoms with E-state index in [4.69, 9.17) is 43.6 Å². The lowest BCUT2D eigenvalue weighted by molar-refractivity contribution is -0.192. The molecule has 2 atom stereocenters. The number of para-hydroxylation sites is 2. The molecule has 2 fully saturated rings. The summed E-state index contributed by atoms with van der Waals surface area (Å²) in [5.41, 5.74) is 7.88. The van der Waals surface area contributed by atoms with E-state index in [9.17, 15) is 44.3 Å². The number of nitrogens with zero attached hydrogens (tertiary/aromatic N) is 5. The Morgan fingerprint density at radius 2 is 1.02 bits per heavy atom. The molecule has 0 radical (unpaired) electrons. The number of alkyl halides is 9. The molecule has 8 aromatic rings. The first kappa shape index (κ1) is 65.8. The molecule has 0 aliphatic carbocycles. The van der Waals surface area contributed by atoms with E-state index in [0.29, 0.717) is 64.2 Å². The zero-order valence-electron chi connectivity index (χ0n) is 51.2. The summed E-state index contributed by atoms with van der Waals surface area (Å²) in [6.07, 6.45) is -5.34. The number of carboxylic acid groups (broad SMARTS) is 1. The number of carbonyl (C=O) groups is 2. The molecule has 0 saturated carbocycles. The van der Waals surface area contributed by atoms with Crippen LogP contribution in [-0.4, -0.2) is 106 Å². The second kappa shape index (κ2) is 26.6. The van der Waals surface area contributed by atoms with Crippen LogP contribution < -0.4 is 34.9 Å². The number of benzene rings is 6. The van der Waals surface area contributed by atoms with E-state index in [0.717, 1.165) is 115 Å². The minimum absolute atomic E-state index is 0.00480. The number of amides is 1. The van der Waals surface area contributed by atoms with Crippen LogP contribution in [0, 0.1) is 0 Å². The number of methoxy groups -OCH3 is 2. The van der Waals surface area contributed by atoms with Crippen LogP contribution in [0.1, 0.15) is 106 Å². The second-order valence-corrected chi connectivity index (χ2v) is 23.8. The summed E-state index contributed by atoms with van der Waals surface area (Å²) in [5.74, 6) is 0.584.